The smallest absolute Gasteiger partial charge is 0.264 e. The van der Waals surface area contributed by atoms with Crippen molar-refractivity contribution in [3.05, 3.63) is 37.5 Å². The molecule has 0 aromatic carbocycles. The van der Waals surface area contributed by atoms with Crippen molar-refractivity contribution in [1.29, 1.82) is 0 Å². The van der Waals surface area contributed by atoms with E-state index in [1.807, 2.05) is 35.6 Å². The molecule has 2 heterocycles. The third-order valence-corrected chi connectivity index (χ3v) is 3.72. The molecule has 4 nitrogen and oxygen atoms in total. The standard InChI is InChI=1S/C13H15IN2O2/c1-7(2)6-9-10(14)13(17)16-12(15-9)11-8(3)4-5-18-11/h4-5,7H,6H2,1-3H3,(H,15,16,17). The maximum absolute atomic E-state index is 11.9. The van der Waals surface area contributed by atoms with Crippen LogP contribution < -0.4 is 5.56 Å². The van der Waals surface area contributed by atoms with Crippen LogP contribution in [0.15, 0.2) is 21.5 Å². The van der Waals surface area contributed by atoms with Gasteiger partial charge in [-0.2, -0.15) is 0 Å². The van der Waals surface area contributed by atoms with Gasteiger partial charge in [-0.25, -0.2) is 4.98 Å². The highest BCUT2D eigenvalue weighted by Crippen LogP contribution is 2.21. The van der Waals surface area contributed by atoms with E-state index in [4.69, 9.17) is 4.42 Å². The van der Waals surface area contributed by atoms with Crippen molar-refractivity contribution in [3.63, 3.8) is 0 Å². The molecule has 2 rings (SSSR count). The molecule has 2 aromatic heterocycles. The Morgan fingerprint density at radius 3 is 2.78 bits per heavy atom. The van der Waals surface area contributed by atoms with Crippen molar-refractivity contribution in [2.24, 2.45) is 5.92 Å². The highest BCUT2D eigenvalue weighted by atomic mass is 127. The average Bonchev–Trinajstić information content (AvgIpc) is 2.70. The summed E-state index contributed by atoms with van der Waals surface area (Å²) in [6.45, 7) is 6.15. The molecule has 0 atom stereocenters. The maximum Gasteiger partial charge on any atom is 0.264 e. The lowest BCUT2D eigenvalue weighted by Gasteiger charge is -2.08. The van der Waals surface area contributed by atoms with Gasteiger partial charge in [-0.15, -0.1) is 0 Å². The molecule has 2 aromatic rings. The molecule has 0 fully saturated rings. The summed E-state index contributed by atoms with van der Waals surface area (Å²) < 4.78 is 6.03. The van der Waals surface area contributed by atoms with Gasteiger partial charge in [-0.1, -0.05) is 13.8 Å². The number of nitrogens with one attached hydrogen (secondary N) is 1. The van der Waals surface area contributed by atoms with Gasteiger partial charge in [0.1, 0.15) is 0 Å². The number of aromatic nitrogens is 2. The highest BCUT2D eigenvalue weighted by molar-refractivity contribution is 14.1. The SMILES string of the molecule is Cc1ccoc1-c1nc(CC(C)C)c(I)c(=O)[nH]1. The molecule has 5 heteroatoms. The van der Waals surface area contributed by atoms with Crippen LogP contribution >= 0.6 is 22.6 Å². The zero-order valence-corrected chi connectivity index (χ0v) is 12.7. The molecule has 0 bridgehead atoms. The summed E-state index contributed by atoms with van der Waals surface area (Å²) in [6, 6.07) is 1.86. The van der Waals surface area contributed by atoms with Crippen LogP contribution in [0.3, 0.4) is 0 Å². The lowest BCUT2D eigenvalue weighted by molar-refractivity contribution is 0.572. The second-order valence-corrected chi connectivity index (χ2v) is 5.78. The van der Waals surface area contributed by atoms with Crippen LogP contribution in [0.2, 0.25) is 0 Å². The first-order valence-electron chi connectivity index (χ1n) is 5.82. The molecule has 0 saturated heterocycles. The van der Waals surface area contributed by atoms with Gasteiger partial charge in [0.15, 0.2) is 11.6 Å². The van der Waals surface area contributed by atoms with Gasteiger partial charge in [-0.05, 0) is 53.5 Å². The molecule has 1 N–H and O–H groups in total. The Labute approximate surface area is 119 Å². The molecule has 0 aliphatic rings. The summed E-state index contributed by atoms with van der Waals surface area (Å²) in [4.78, 5) is 19.2. The van der Waals surface area contributed by atoms with E-state index in [2.05, 4.69) is 23.8 Å². The normalized spacial score (nSPS) is 11.2. The Hall–Kier alpha value is -1.11. The number of rotatable bonds is 3. The highest BCUT2D eigenvalue weighted by Gasteiger charge is 2.14. The molecule has 0 spiro atoms. The zero-order chi connectivity index (χ0) is 13.3. The van der Waals surface area contributed by atoms with Crippen molar-refractivity contribution in [1.82, 2.24) is 9.97 Å². The topological polar surface area (TPSA) is 58.9 Å². The largest absolute Gasteiger partial charge is 0.461 e. The maximum atomic E-state index is 11.9. The molecule has 0 unspecified atom stereocenters. The van der Waals surface area contributed by atoms with Crippen LogP contribution in [0.5, 0.6) is 0 Å². The van der Waals surface area contributed by atoms with Crippen LogP contribution in [0.25, 0.3) is 11.6 Å². The Bertz CT molecular complexity index is 614. The number of nitrogens with zero attached hydrogens (tertiary/aromatic N) is 1. The fraction of sp³-hybridized carbons (Fsp3) is 0.385. The van der Waals surface area contributed by atoms with Gasteiger partial charge >= 0.3 is 0 Å². The molecule has 18 heavy (non-hydrogen) atoms. The summed E-state index contributed by atoms with van der Waals surface area (Å²) in [7, 11) is 0. The number of hydrogen-bond donors (Lipinski definition) is 1. The van der Waals surface area contributed by atoms with Crippen molar-refractivity contribution in [2.45, 2.75) is 27.2 Å². The van der Waals surface area contributed by atoms with Crippen LogP contribution in [0.1, 0.15) is 25.1 Å². The minimum Gasteiger partial charge on any atom is -0.461 e. The van der Waals surface area contributed by atoms with Crippen molar-refractivity contribution in [2.75, 3.05) is 0 Å². The number of H-pyrrole nitrogens is 1. The van der Waals surface area contributed by atoms with Crippen molar-refractivity contribution >= 4 is 22.6 Å². The molecule has 0 aliphatic heterocycles. The monoisotopic (exact) mass is 358 g/mol. The van der Waals surface area contributed by atoms with Gasteiger partial charge in [0.05, 0.1) is 15.5 Å². The Morgan fingerprint density at radius 2 is 2.22 bits per heavy atom. The Balaban J connectivity index is 2.54. The number of halogens is 1. The van der Waals surface area contributed by atoms with Crippen LogP contribution in [-0.4, -0.2) is 9.97 Å². The van der Waals surface area contributed by atoms with Crippen LogP contribution in [0, 0.1) is 16.4 Å². The fourth-order valence-corrected chi connectivity index (χ4v) is 2.23. The number of hydrogen-bond acceptors (Lipinski definition) is 3. The summed E-state index contributed by atoms with van der Waals surface area (Å²) in [5.74, 6) is 1.60. The summed E-state index contributed by atoms with van der Waals surface area (Å²) in [5.41, 5.74) is 1.70. The number of aryl methyl sites for hydroxylation is 1. The number of aromatic amines is 1. The predicted molar refractivity (Wildman–Crippen MR) is 78.6 cm³/mol. The zero-order valence-electron chi connectivity index (χ0n) is 10.6. The second kappa shape index (κ2) is 5.26. The van der Waals surface area contributed by atoms with Gasteiger partial charge in [-0.3, -0.25) is 4.79 Å². The lowest BCUT2D eigenvalue weighted by Crippen LogP contribution is -2.17. The predicted octanol–water partition coefficient (Wildman–Crippen LogP) is 3.14. The van der Waals surface area contributed by atoms with Gasteiger partial charge < -0.3 is 9.40 Å². The molecule has 0 aliphatic carbocycles. The molecular weight excluding hydrogens is 343 g/mol. The van der Waals surface area contributed by atoms with E-state index in [-0.39, 0.29) is 5.56 Å². The van der Waals surface area contributed by atoms with Crippen molar-refractivity contribution < 1.29 is 4.42 Å². The molecule has 0 radical (unpaired) electrons. The molecular formula is C13H15IN2O2. The van der Waals surface area contributed by atoms with E-state index in [0.29, 0.717) is 21.1 Å². The summed E-state index contributed by atoms with van der Waals surface area (Å²) in [6.07, 6.45) is 2.39. The lowest BCUT2D eigenvalue weighted by atomic mass is 10.1. The van der Waals surface area contributed by atoms with E-state index in [0.717, 1.165) is 17.7 Å². The first kappa shape index (κ1) is 13.3. The Kier molecular flexibility index (Phi) is 3.89. The first-order valence-corrected chi connectivity index (χ1v) is 6.90. The van der Waals surface area contributed by atoms with Gasteiger partial charge in [0.25, 0.3) is 5.56 Å². The third kappa shape index (κ3) is 2.66. The number of furan rings is 1. The minimum atomic E-state index is -0.105. The fourth-order valence-electron chi connectivity index (χ4n) is 1.75. The van der Waals surface area contributed by atoms with Gasteiger partial charge in [0, 0.05) is 0 Å². The van der Waals surface area contributed by atoms with Crippen LogP contribution in [-0.2, 0) is 6.42 Å². The van der Waals surface area contributed by atoms with E-state index < -0.39 is 0 Å². The molecule has 96 valence electrons. The summed E-state index contributed by atoms with van der Waals surface area (Å²) in [5, 5.41) is 0. The van der Waals surface area contributed by atoms with Crippen molar-refractivity contribution in [3.8, 4) is 11.6 Å². The summed E-state index contributed by atoms with van der Waals surface area (Å²) >= 11 is 2.04. The molecule has 0 saturated carbocycles. The minimum absolute atomic E-state index is 0.105. The quantitative estimate of drug-likeness (QED) is 0.858. The average molecular weight is 358 g/mol. The third-order valence-electron chi connectivity index (χ3n) is 2.61. The van der Waals surface area contributed by atoms with Crippen LogP contribution in [0.4, 0.5) is 0 Å². The van der Waals surface area contributed by atoms with E-state index in [9.17, 15) is 4.79 Å². The van der Waals surface area contributed by atoms with Gasteiger partial charge in [0.2, 0.25) is 0 Å². The van der Waals surface area contributed by atoms with E-state index >= 15 is 0 Å². The first-order chi connectivity index (χ1) is 8.49. The Morgan fingerprint density at radius 1 is 1.50 bits per heavy atom. The van der Waals surface area contributed by atoms with E-state index in [1.165, 1.54) is 0 Å². The van der Waals surface area contributed by atoms with E-state index in [1.54, 1.807) is 6.26 Å². The molecule has 0 amide bonds. The second-order valence-electron chi connectivity index (χ2n) is 4.71.